The van der Waals surface area contributed by atoms with Crippen molar-refractivity contribution in [3.05, 3.63) is 30.1 Å². The number of ether oxygens (including phenoxy) is 1. The van der Waals surface area contributed by atoms with E-state index < -0.39 is 27.5 Å². The molecule has 1 spiro atoms. The molecule has 8 heteroatoms. The van der Waals surface area contributed by atoms with Gasteiger partial charge >= 0.3 is 0 Å². The van der Waals surface area contributed by atoms with E-state index in [9.17, 15) is 17.6 Å². The molecule has 2 fully saturated rings. The van der Waals surface area contributed by atoms with Crippen molar-refractivity contribution < 1.29 is 22.3 Å². The van der Waals surface area contributed by atoms with Gasteiger partial charge in [0, 0.05) is 25.9 Å². The molecule has 1 unspecified atom stereocenters. The Morgan fingerprint density at radius 3 is 2.54 bits per heavy atom. The van der Waals surface area contributed by atoms with Gasteiger partial charge in [-0.1, -0.05) is 6.07 Å². The zero-order chi connectivity index (χ0) is 17.5. The molecule has 2 aliphatic rings. The summed E-state index contributed by atoms with van der Waals surface area (Å²) in [6, 6.07) is 5.89. The van der Waals surface area contributed by atoms with Crippen molar-refractivity contribution in [2.24, 2.45) is 0 Å². The monoisotopic (exact) mass is 356 g/mol. The topological polar surface area (TPSA) is 66.9 Å². The van der Waals surface area contributed by atoms with Crippen molar-refractivity contribution in [1.29, 1.82) is 0 Å². The fraction of sp³-hybridized carbons (Fsp3) is 0.562. The van der Waals surface area contributed by atoms with Crippen LogP contribution in [0.1, 0.15) is 19.8 Å². The van der Waals surface area contributed by atoms with Gasteiger partial charge in [-0.2, -0.15) is 0 Å². The third kappa shape index (κ3) is 2.53. The Kier molecular flexibility index (Phi) is 4.39. The first-order valence-corrected chi connectivity index (χ1v) is 9.57. The van der Waals surface area contributed by atoms with Crippen LogP contribution < -0.4 is 4.90 Å². The van der Waals surface area contributed by atoms with Crippen LogP contribution in [0.3, 0.4) is 0 Å². The molecule has 3 rings (SSSR count). The van der Waals surface area contributed by atoms with Crippen molar-refractivity contribution in [3.63, 3.8) is 0 Å². The summed E-state index contributed by atoms with van der Waals surface area (Å²) in [5.41, 5.74) is -0.126. The number of carbonyl (C=O) groups is 1. The van der Waals surface area contributed by atoms with Gasteiger partial charge in [-0.05, 0) is 38.0 Å². The highest BCUT2D eigenvalue weighted by Gasteiger charge is 2.62. The quantitative estimate of drug-likeness (QED) is 0.765. The van der Waals surface area contributed by atoms with Crippen LogP contribution in [0.2, 0.25) is 0 Å². The maximum Gasteiger partial charge on any atom is 0.259 e. The van der Waals surface area contributed by atoms with Crippen molar-refractivity contribution in [2.75, 3.05) is 30.9 Å². The standard InChI is InChI=1S/C16H21FN2O4S/c1-3-24(21,22)18-9-7-16(8-10-18)14(23-2)15(20)19(16)13-6-4-5-12(17)11-13/h4-6,11,14H,3,7-10H2,1-2H3. The summed E-state index contributed by atoms with van der Waals surface area (Å²) in [4.78, 5) is 14.0. The molecule has 0 bridgehead atoms. The van der Waals surface area contributed by atoms with Crippen LogP contribution in [0, 0.1) is 5.82 Å². The molecule has 2 saturated heterocycles. The first-order valence-electron chi connectivity index (χ1n) is 7.96. The molecule has 1 aromatic rings. The molecule has 24 heavy (non-hydrogen) atoms. The van der Waals surface area contributed by atoms with Crippen molar-refractivity contribution in [2.45, 2.75) is 31.4 Å². The zero-order valence-corrected chi connectivity index (χ0v) is 14.6. The molecule has 2 heterocycles. The molecular formula is C16H21FN2O4S. The summed E-state index contributed by atoms with van der Waals surface area (Å²) in [6.45, 7) is 2.27. The van der Waals surface area contributed by atoms with Crippen LogP contribution in [0.15, 0.2) is 24.3 Å². The molecular weight excluding hydrogens is 335 g/mol. The highest BCUT2D eigenvalue weighted by Crippen LogP contribution is 2.46. The normalized spacial score (nSPS) is 24.2. The van der Waals surface area contributed by atoms with E-state index in [4.69, 9.17) is 4.74 Å². The molecule has 1 atom stereocenters. The third-order valence-electron chi connectivity index (χ3n) is 5.03. The first kappa shape index (κ1) is 17.3. The number of β-lactam (4-membered cyclic amide) rings is 1. The molecule has 0 aromatic heterocycles. The fourth-order valence-electron chi connectivity index (χ4n) is 3.76. The summed E-state index contributed by atoms with van der Waals surface area (Å²) >= 11 is 0. The number of benzene rings is 1. The highest BCUT2D eigenvalue weighted by molar-refractivity contribution is 7.89. The summed E-state index contributed by atoms with van der Waals surface area (Å²) in [5, 5.41) is 0. The van der Waals surface area contributed by atoms with E-state index >= 15 is 0 Å². The van der Waals surface area contributed by atoms with Crippen LogP contribution in [-0.4, -0.2) is 56.2 Å². The molecule has 1 aromatic carbocycles. The Balaban J connectivity index is 1.88. The third-order valence-corrected chi connectivity index (χ3v) is 6.91. The number of hydrogen-bond donors (Lipinski definition) is 0. The van der Waals surface area contributed by atoms with Crippen molar-refractivity contribution >= 4 is 21.6 Å². The van der Waals surface area contributed by atoms with Crippen LogP contribution in [0.4, 0.5) is 10.1 Å². The number of hydrogen-bond acceptors (Lipinski definition) is 4. The second-order valence-electron chi connectivity index (χ2n) is 6.17. The summed E-state index contributed by atoms with van der Waals surface area (Å²) in [7, 11) is -1.78. The van der Waals surface area contributed by atoms with Gasteiger partial charge in [0.15, 0.2) is 6.10 Å². The van der Waals surface area contributed by atoms with E-state index in [-0.39, 0.29) is 11.7 Å². The smallest absolute Gasteiger partial charge is 0.259 e. The lowest BCUT2D eigenvalue weighted by Crippen LogP contribution is -2.78. The molecule has 2 aliphatic heterocycles. The van der Waals surface area contributed by atoms with Gasteiger partial charge < -0.3 is 9.64 Å². The summed E-state index contributed by atoms with van der Waals surface area (Å²) in [5.74, 6) is -0.572. The largest absolute Gasteiger partial charge is 0.369 e. The minimum absolute atomic E-state index is 0.0558. The SMILES string of the molecule is CCS(=O)(=O)N1CCC2(CC1)C(OC)C(=O)N2c1cccc(F)c1. The predicted molar refractivity (Wildman–Crippen MR) is 87.7 cm³/mol. The summed E-state index contributed by atoms with van der Waals surface area (Å²) < 4.78 is 44.5. The van der Waals surface area contributed by atoms with Crippen LogP contribution in [-0.2, 0) is 19.6 Å². The number of rotatable bonds is 4. The minimum Gasteiger partial charge on any atom is -0.369 e. The molecule has 6 nitrogen and oxygen atoms in total. The van der Waals surface area contributed by atoms with Gasteiger partial charge in [0.05, 0.1) is 11.3 Å². The van der Waals surface area contributed by atoms with Crippen LogP contribution in [0.25, 0.3) is 0 Å². The number of anilines is 1. The Morgan fingerprint density at radius 2 is 2.00 bits per heavy atom. The van der Waals surface area contributed by atoms with E-state index in [0.717, 1.165) is 0 Å². The van der Waals surface area contributed by atoms with E-state index in [1.807, 2.05) is 0 Å². The van der Waals surface area contributed by atoms with Crippen LogP contribution >= 0.6 is 0 Å². The second kappa shape index (κ2) is 6.09. The first-order chi connectivity index (χ1) is 11.4. The van der Waals surface area contributed by atoms with Crippen molar-refractivity contribution in [1.82, 2.24) is 4.31 Å². The number of amides is 1. The molecule has 0 aliphatic carbocycles. The second-order valence-corrected chi connectivity index (χ2v) is 8.43. The predicted octanol–water partition coefficient (Wildman–Crippen LogP) is 1.37. The number of nitrogens with zero attached hydrogens (tertiary/aromatic N) is 2. The number of methoxy groups -OCH3 is 1. The molecule has 1 amide bonds. The zero-order valence-electron chi connectivity index (χ0n) is 13.7. The maximum atomic E-state index is 13.6. The Labute approximate surface area is 141 Å². The van der Waals surface area contributed by atoms with E-state index in [2.05, 4.69) is 0 Å². The average molecular weight is 356 g/mol. The Morgan fingerprint density at radius 1 is 1.33 bits per heavy atom. The highest BCUT2D eigenvalue weighted by atomic mass is 32.2. The van der Waals surface area contributed by atoms with Crippen molar-refractivity contribution in [3.8, 4) is 0 Å². The number of sulfonamides is 1. The van der Waals surface area contributed by atoms with Crippen LogP contribution in [0.5, 0.6) is 0 Å². The molecule has 0 saturated carbocycles. The number of piperidine rings is 1. The Bertz CT molecular complexity index is 744. The van der Waals surface area contributed by atoms with Gasteiger partial charge in [0.25, 0.3) is 5.91 Å². The lowest BCUT2D eigenvalue weighted by atomic mass is 9.73. The lowest BCUT2D eigenvalue weighted by Gasteiger charge is -2.59. The fourth-order valence-corrected chi connectivity index (χ4v) is 4.86. The number of carbonyl (C=O) groups excluding carboxylic acids is 1. The van der Waals surface area contributed by atoms with E-state index in [1.165, 1.54) is 23.5 Å². The molecule has 0 N–H and O–H groups in total. The van der Waals surface area contributed by atoms with E-state index in [0.29, 0.717) is 31.6 Å². The minimum atomic E-state index is -3.25. The van der Waals surface area contributed by atoms with E-state index in [1.54, 1.807) is 24.0 Å². The van der Waals surface area contributed by atoms with Gasteiger partial charge in [-0.15, -0.1) is 0 Å². The van der Waals surface area contributed by atoms with Gasteiger partial charge in [-0.25, -0.2) is 17.1 Å². The number of halogens is 1. The maximum absolute atomic E-state index is 13.6. The Hall–Kier alpha value is -1.51. The van der Waals surface area contributed by atoms with Gasteiger partial charge in [0.1, 0.15) is 5.82 Å². The van der Waals surface area contributed by atoms with Gasteiger partial charge in [-0.3, -0.25) is 4.79 Å². The average Bonchev–Trinajstić information content (AvgIpc) is 2.56. The molecule has 0 radical (unpaired) electrons. The summed E-state index contributed by atoms with van der Waals surface area (Å²) in [6.07, 6.45) is 0.312. The molecule has 132 valence electrons. The van der Waals surface area contributed by atoms with Gasteiger partial charge in [0.2, 0.25) is 10.0 Å². The lowest BCUT2D eigenvalue weighted by molar-refractivity contribution is -0.150.